The van der Waals surface area contributed by atoms with Gasteiger partial charge in [0.2, 0.25) is 0 Å². The molecule has 0 radical (unpaired) electrons. The first kappa shape index (κ1) is 21.4. The van der Waals surface area contributed by atoms with Crippen LogP contribution in [0.3, 0.4) is 0 Å². The summed E-state index contributed by atoms with van der Waals surface area (Å²) in [6.45, 7) is 0. The fourth-order valence-corrected chi connectivity index (χ4v) is 3.61. The second-order valence-corrected chi connectivity index (χ2v) is 7.44. The molecule has 4 N–H and O–H groups in total. The molecular formula is C25H18N8O2. The van der Waals surface area contributed by atoms with E-state index >= 15 is 0 Å². The Morgan fingerprint density at radius 1 is 1.03 bits per heavy atom. The van der Waals surface area contributed by atoms with E-state index in [2.05, 4.69) is 37.3 Å². The number of nitrogens with zero attached hydrogens (tertiary/aromatic N) is 5. The lowest BCUT2D eigenvalue weighted by Gasteiger charge is -2.17. The van der Waals surface area contributed by atoms with E-state index < -0.39 is 5.91 Å². The predicted molar refractivity (Wildman–Crippen MR) is 131 cm³/mol. The number of hydrogen-bond donors (Lipinski definition) is 4. The SMILES string of the molecule is N#Cc1cnn(-c2ccncn2)c1NNc1c(O)c(C(=O)Nc2ccccc2)cc2ccccc12. The monoisotopic (exact) mass is 462 g/mol. The highest BCUT2D eigenvalue weighted by Gasteiger charge is 2.20. The summed E-state index contributed by atoms with van der Waals surface area (Å²) in [5.74, 6) is 0.0205. The van der Waals surface area contributed by atoms with Gasteiger partial charge in [-0.05, 0) is 23.6 Å². The number of phenolic OH excluding ortho intramolecular Hbond substituents is 1. The Hall–Kier alpha value is -5.43. The highest BCUT2D eigenvalue weighted by atomic mass is 16.3. The van der Waals surface area contributed by atoms with E-state index in [0.29, 0.717) is 22.7 Å². The summed E-state index contributed by atoms with van der Waals surface area (Å²) in [7, 11) is 0. The van der Waals surface area contributed by atoms with E-state index in [0.717, 1.165) is 5.39 Å². The number of phenols is 1. The number of rotatable bonds is 6. The van der Waals surface area contributed by atoms with Crippen LogP contribution in [0.1, 0.15) is 15.9 Å². The molecular weight excluding hydrogens is 444 g/mol. The van der Waals surface area contributed by atoms with Gasteiger partial charge in [-0.25, -0.2) is 9.97 Å². The number of anilines is 3. The van der Waals surface area contributed by atoms with Crippen molar-refractivity contribution in [3.8, 4) is 17.6 Å². The van der Waals surface area contributed by atoms with Gasteiger partial charge in [0.25, 0.3) is 5.91 Å². The summed E-state index contributed by atoms with van der Waals surface area (Å²) in [4.78, 5) is 21.1. The molecule has 1 amide bonds. The Bertz CT molecular complexity index is 1560. The molecule has 10 nitrogen and oxygen atoms in total. The summed E-state index contributed by atoms with van der Waals surface area (Å²) < 4.78 is 1.43. The van der Waals surface area contributed by atoms with Crippen molar-refractivity contribution >= 4 is 33.9 Å². The van der Waals surface area contributed by atoms with Gasteiger partial charge in [-0.1, -0.05) is 42.5 Å². The van der Waals surface area contributed by atoms with Gasteiger partial charge in [-0.3, -0.25) is 15.6 Å². The highest BCUT2D eigenvalue weighted by molar-refractivity contribution is 6.12. The van der Waals surface area contributed by atoms with Crippen molar-refractivity contribution in [1.82, 2.24) is 19.7 Å². The lowest BCUT2D eigenvalue weighted by molar-refractivity contribution is 0.102. The average molecular weight is 462 g/mol. The topological polar surface area (TPSA) is 141 Å². The first-order chi connectivity index (χ1) is 17.2. The molecule has 2 heterocycles. The quantitative estimate of drug-likeness (QED) is 0.218. The van der Waals surface area contributed by atoms with Crippen molar-refractivity contribution in [2.24, 2.45) is 0 Å². The van der Waals surface area contributed by atoms with Gasteiger partial charge in [-0.15, -0.1) is 0 Å². The zero-order chi connectivity index (χ0) is 24.2. The lowest BCUT2D eigenvalue weighted by Crippen LogP contribution is -2.17. The molecule has 0 fully saturated rings. The molecule has 10 heteroatoms. The number of benzene rings is 3. The Morgan fingerprint density at radius 3 is 2.60 bits per heavy atom. The summed E-state index contributed by atoms with van der Waals surface area (Å²) in [6.07, 6.45) is 4.32. The Kier molecular flexibility index (Phi) is 5.63. The maximum absolute atomic E-state index is 13.0. The number of fused-ring (bicyclic) bond motifs is 1. The molecule has 0 aliphatic rings. The third-order valence-corrected chi connectivity index (χ3v) is 5.28. The molecule has 0 aliphatic heterocycles. The number of nitriles is 1. The molecule has 0 saturated heterocycles. The minimum Gasteiger partial charge on any atom is -0.505 e. The van der Waals surface area contributed by atoms with E-state index in [1.807, 2.05) is 30.3 Å². The molecule has 170 valence electrons. The van der Waals surface area contributed by atoms with Gasteiger partial charge in [0.05, 0.1) is 11.8 Å². The van der Waals surface area contributed by atoms with E-state index in [1.54, 1.807) is 42.6 Å². The minimum absolute atomic E-state index is 0.0849. The number of aromatic hydroxyl groups is 1. The second kappa shape index (κ2) is 9.21. The summed E-state index contributed by atoms with van der Waals surface area (Å²) in [6, 6.07) is 21.6. The van der Waals surface area contributed by atoms with Crippen molar-refractivity contribution in [2.45, 2.75) is 0 Å². The number of carbonyl (C=O) groups excluding carboxylic acids is 1. The predicted octanol–water partition coefficient (Wildman–Crippen LogP) is 4.08. The fourth-order valence-electron chi connectivity index (χ4n) is 3.61. The normalized spacial score (nSPS) is 10.5. The third kappa shape index (κ3) is 4.17. The average Bonchev–Trinajstić information content (AvgIpc) is 3.32. The standard InChI is InChI=1S/C25H18N8O2/c26-13-17-14-29-33(21-10-11-27-15-28-21)24(17)32-31-22-19-9-5-4-6-16(19)12-20(23(22)34)25(35)30-18-7-2-1-3-8-18/h1-12,14-15,31-32,34H,(H,30,35). The van der Waals surface area contributed by atoms with Crippen molar-refractivity contribution in [3.05, 3.63) is 96.6 Å². The molecule has 0 spiro atoms. The number of aromatic nitrogens is 4. The van der Waals surface area contributed by atoms with Crippen molar-refractivity contribution in [2.75, 3.05) is 16.2 Å². The van der Waals surface area contributed by atoms with Crippen molar-refractivity contribution in [1.29, 1.82) is 5.26 Å². The van der Waals surface area contributed by atoms with Crippen LogP contribution in [0.5, 0.6) is 5.75 Å². The van der Waals surface area contributed by atoms with Gasteiger partial charge in [0.1, 0.15) is 23.6 Å². The zero-order valence-corrected chi connectivity index (χ0v) is 18.2. The minimum atomic E-state index is -0.466. The van der Waals surface area contributed by atoms with E-state index in [9.17, 15) is 15.2 Å². The first-order valence-corrected chi connectivity index (χ1v) is 10.5. The van der Waals surface area contributed by atoms with Crippen LogP contribution in [0.25, 0.3) is 16.6 Å². The molecule has 5 aromatic rings. The van der Waals surface area contributed by atoms with Crippen molar-refractivity contribution in [3.63, 3.8) is 0 Å². The van der Waals surface area contributed by atoms with Crippen molar-refractivity contribution < 1.29 is 9.90 Å². The second-order valence-electron chi connectivity index (χ2n) is 7.44. The molecule has 5 rings (SSSR count). The van der Waals surface area contributed by atoms with Crippen LogP contribution in [-0.4, -0.2) is 30.8 Å². The van der Waals surface area contributed by atoms with E-state index in [-0.39, 0.29) is 22.6 Å². The maximum atomic E-state index is 13.0. The van der Waals surface area contributed by atoms with Gasteiger partial charge in [0.15, 0.2) is 17.4 Å². The molecule has 3 aromatic carbocycles. The van der Waals surface area contributed by atoms with Crippen LogP contribution in [0.15, 0.2) is 85.5 Å². The smallest absolute Gasteiger partial charge is 0.259 e. The summed E-state index contributed by atoms with van der Waals surface area (Å²) >= 11 is 0. The van der Waals surface area contributed by atoms with Crippen LogP contribution >= 0.6 is 0 Å². The maximum Gasteiger partial charge on any atom is 0.259 e. The number of carbonyl (C=O) groups is 1. The molecule has 0 unspecified atom stereocenters. The number of nitrogens with one attached hydrogen (secondary N) is 3. The Labute approximate surface area is 199 Å². The van der Waals surface area contributed by atoms with Gasteiger partial charge >= 0.3 is 0 Å². The zero-order valence-electron chi connectivity index (χ0n) is 18.2. The molecule has 0 saturated carbocycles. The molecule has 0 aliphatic carbocycles. The third-order valence-electron chi connectivity index (χ3n) is 5.28. The number of para-hydroxylation sites is 1. The van der Waals surface area contributed by atoms with Gasteiger partial charge in [0, 0.05) is 23.3 Å². The Morgan fingerprint density at radius 2 is 1.83 bits per heavy atom. The van der Waals surface area contributed by atoms with Crippen LogP contribution in [0.2, 0.25) is 0 Å². The Balaban J connectivity index is 1.53. The molecule has 2 aromatic heterocycles. The molecule has 0 bridgehead atoms. The van der Waals surface area contributed by atoms with Crippen LogP contribution in [0.4, 0.5) is 17.2 Å². The van der Waals surface area contributed by atoms with Crippen LogP contribution < -0.4 is 16.2 Å². The number of hydrazine groups is 1. The number of amides is 1. The highest BCUT2D eigenvalue weighted by Crippen LogP contribution is 2.36. The fraction of sp³-hybridized carbons (Fsp3) is 0. The van der Waals surface area contributed by atoms with Crippen LogP contribution in [-0.2, 0) is 0 Å². The summed E-state index contributed by atoms with van der Waals surface area (Å²) in [5.41, 5.74) is 7.12. The molecule has 35 heavy (non-hydrogen) atoms. The lowest BCUT2D eigenvalue weighted by atomic mass is 10.0. The van der Waals surface area contributed by atoms with Crippen LogP contribution in [0, 0.1) is 11.3 Å². The van der Waals surface area contributed by atoms with E-state index in [1.165, 1.54) is 17.2 Å². The van der Waals surface area contributed by atoms with Gasteiger partial charge < -0.3 is 10.4 Å². The summed E-state index contributed by atoms with van der Waals surface area (Å²) in [5, 5.41) is 29.1. The largest absolute Gasteiger partial charge is 0.505 e. The van der Waals surface area contributed by atoms with E-state index in [4.69, 9.17) is 0 Å². The van der Waals surface area contributed by atoms with Gasteiger partial charge in [-0.2, -0.15) is 15.0 Å². The number of hydrogen-bond acceptors (Lipinski definition) is 8. The molecule has 0 atom stereocenters. The first-order valence-electron chi connectivity index (χ1n) is 10.5.